The SMILES string of the molecule is COC(=O)c1c(-c2ccc(F)cc2)csc1NC(=O)CCCN1C(=O)c2ccccc2C1=O. The lowest BCUT2D eigenvalue weighted by Gasteiger charge is -2.13. The summed E-state index contributed by atoms with van der Waals surface area (Å²) in [6.45, 7) is 0.106. The number of carbonyl (C=O) groups is 4. The molecule has 1 aliphatic heterocycles. The average Bonchev–Trinajstić information content (AvgIpc) is 3.34. The number of imide groups is 1. The van der Waals surface area contributed by atoms with E-state index in [9.17, 15) is 23.6 Å². The van der Waals surface area contributed by atoms with Crippen LogP contribution in [0.5, 0.6) is 0 Å². The van der Waals surface area contributed by atoms with Gasteiger partial charge in [-0.05, 0) is 36.2 Å². The molecule has 7 nitrogen and oxygen atoms in total. The summed E-state index contributed by atoms with van der Waals surface area (Å²) in [5, 5.41) is 4.71. The highest BCUT2D eigenvalue weighted by atomic mass is 32.1. The van der Waals surface area contributed by atoms with Crippen LogP contribution in [0.4, 0.5) is 9.39 Å². The Morgan fingerprint density at radius 3 is 2.24 bits per heavy atom. The first kappa shape index (κ1) is 22.3. The fraction of sp³-hybridized carbons (Fsp3) is 0.167. The van der Waals surface area contributed by atoms with E-state index in [-0.39, 0.29) is 42.7 Å². The Labute approximate surface area is 192 Å². The number of anilines is 1. The van der Waals surface area contributed by atoms with Crippen LogP contribution in [0.2, 0.25) is 0 Å². The first-order chi connectivity index (χ1) is 15.9. The van der Waals surface area contributed by atoms with Crippen molar-refractivity contribution in [1.29, 1.82) is 0 Å². The highest BCUT2D eigenvalue weighted by molar-refractivity contribution is 7.15. The van der Waals surface area contributed by atoms with Crippen LogP contribution in [-0.4, -0.2) is 42.2 Å². The number of benzene rings is 2. The van der Waals surface area contributed by atoms with Crippen molar-refractivity contribution >= 4 is 40.0 Å². The third kappa shape index (κ3) is 4.40. The number of methoxy groups -OCH3 is 1. The summed E-state index contributed by atoms with van der Waals surface area (Å²) in [6.07, 6.45) is 0.304. The molecule has 4 rings (SSSR count). The van der Waals surface area contributed by atoms with E-state index < -0.39 is 11.8 Å². The minimum absolute atomic E-state index is 0.0395. The molecule has 9 heteroatoms. The molecule has 0 radical (unpaired) electrons. The first-order valence-electron chi connectivity index (χ1n) is 10.1. The van der Waals surface area contributed by atoms with Crippen molar-refractivity contribution in [3.05, 3.63) is 76.4 Å². The zero-order valence-electron chi connectivity index (χ0n) is 17.6. The standard InChI is InChI=1S/C24H19FN2O5S/c1-32-24(31)20-18(14-8-10-15(25)11-9-14)13-33-21(20)26-19(28)7-4-12-27-22(29)16-5-2-3-6-17(16)23(27)30/h2-3,5-6,8-11,13H,4,7,12H2,1H3,(H,26,28). The van der Waals surface area contributed by atoms with Crippen LogP contribution < -0.4 is 5.32 Å². The number of hydrogen-bond donors (Lipinski definition) is 1. The molecule has 168 valence electrons. The molecule has 0 atom stereocenters. The van der Waals surface area contributed by atoms with Gasteiger partial charge in [0.1, 0.15) is 16.4 Å². The number of halogens is 1. The fourth-order valence-corrected chi connectivity index (χ4v) is 4.60. The topological polar surface area (TPSA) is 92.8 Å². The molecule has 0 spiro atoms. The lowest BCUT2D eigenvalue weighted by molar-refractivity contribution is -0.116. The number of amides is 3. The van der Waals surface area contributed by atoms with Gasteiger partial charge >= 0.3 is 5.97 Å². The number of carbonyl (C=O) groups excluding carboxylic acids is 4. The van der Waals surface area contributed by atoms with Crippen molar-refractivity contribution in [3.63, 3.8) is 0 Å². The summed E-state index contributed by atoms with van der Waals surface area (Å²) in [4.78, 5) is 50.9. The van der Waals surface area contributed by atoms with Crippen molar-refractivity contribution in [3.8, 4) is 11.1 Å². The minimum atomic E-state index is -0.628. The largest absolute Gasteiger partial charge is 0.465 e. The quantitative estimate of drug-likeness (QED) is 0.413. The normalized spacial score (nSPS) is 12.6. The van der Waals surface area contributed by atoms with Gasteiger partial charge in [0.15, 0.2) is 0 Å². The summed E-state index contributed by atoms with van der Waals surface area (Å²) in [7, 11) is 1.24. The predicted molar refractivity (Wildman–Crippen MR) is 121 cm³/mol. The van der Waals surface area contributed by atoms with Crippen molar-refractivity contribution in [1.82, 2.24) is 4.90 Å². The zero-order valence-corrected chi connectivity index (χ0v) is 18.4. The third-order valence-corrected chi connectivity index (χ3v) is 6.15. The molecule has 0 saturated carbocycles. The molecule has 2 heterocycles. The smallest absolute Gasteiger partial charge is 0.341 e. The van der Waals surface area contributed by atoms with Gasteiger partial charge in [0.25, 0.3) is 11.8 Å². The molecule has 33 heavy (non-hydrogen) atoms. The zero-order chi connectivity index (χ0) is 23.5. The average molecular weight is 466 g/mol. The highest BCUT2D eigenvalue weighted by Crippen LogP contribution is 2.36. The van der Waals surface area contributed by atoms with Crippen molar-refractivity contribution in [2.24, 2.45) is 0 Å². The van der Waals surface area contributed by atoms with Crippen LogP contribution in [0, 0.1) is 5.82 Å². The number of fused-ring (bicyclic) bond motifs is 1. The van der Waals surface area contributed by atoms with Crippen LogP contribution in [-0.2, 0) is 9.53 Å². The van der Waals surface area contributed by atoms with Gasteiger partial charge in [-0.2, -0.15) is 0 Å². The van der Waals surface area contributed by atoms with Gasteiger partial charge in [-0.1, -0.05) is 24.3 Å². The number of ether oxygens (including phenoxy) is 1. The van der Waals surface area contributed by atoms with E-state index in [1.54, 1.807) is 29.6 Å². The Morgan fingerprint density at radius 1 is 1.00 bits per heavy atom. The molecule has 0 unspecified atom stereocenters. The maximum Gasteiger partial charge on any atom is 0.341 e. The summed E-state index contributed by atoms with van der Waals surface area (Å²) in [5.74, 6) is -2.14. The Balaban J connectivity index is 1.42. The van der Waals surface area contributed by atoms with Crippen LogP contribution in [0.25, 0.3) is 11.1 Å². The Hall–Kier alpha value is -3.85. The minimum Gasteiger partial charge on any atom is -0.465 e. The Kier molecular flexibility index (Phi) is 6.32. The molecule has 1 aromatic heterocycles. The van der Waals surface area contributed by atoms with E-state index in [2.05, 4.69) is 5.32 Å². The lowest BCUT2D eigenvalue weighted by Crippen LogP contribution is -2.31. The Morgan fingerprint density at radius 2 is 1.64 bits per heavy atom. The molecule has 3 aromatic rings. The molecule has 0 fully saturated rings. The number of nitrogens with zero attached hydrogens (tertiary/aromatic N) is 1. The Bertz CT molecular complexity index is 1220. The number of esters is 1. The molecule has 0 bridgehead atoms. The van der Waals surface area contributed by atoms with E-state index in [0.717, 1.165) is 16.2 Å². The van der Waals surface area contributed by atoms with Gasteiger partial charge in [0, 0.05) is 23.9 Å². The number of rotatable bonds is 7. The van der Waals surface area contributed by atoms with Gasteiger partial charge in [0.2, 0.25) is 5.91 Å². The second kappa shape index (κ2) is 9.33. The summed E-state index contributed by atoms with van der Waals surface area (Å²) >= 11 is 1.15. The number of nitrogens with one attached hydrogen (secondary N) is 1. The molecular formula is C24H19FN2O5S. The number of thiophene rings is 1. The lowest BCUT2D eigenvalue weighted by atomic mass is 10.0. The summed E-state index contributed by atoms with van der Waals surface area (Å²) in [6, 6.07) is 12.2. The van der Waals surface area contributed by atoms with Crippen LogP contribution in [0.1, 0.15) is 43.9 Å². The molecular weight excluding hydrogens is 447 g/mol. The van der Waals surface area contributed by atoms with E-state index in [4.69, 9.17) is 4.74 Å². The number of hydrogen-bond acceptors (Lipinski definition) is 6. The van der Waals surface area contributed by atoms with Crippen LogP contribution in [0.15, 0.2) is 53.9 Å². The molecule has 0 saturated heterocycles. The van der Waals surface area contributed by atoms with Gasteiger partial charge in [-0.25, -0.2) is 9.18 Å². The monoisotopic (exact) mass is 466 g/mol. The van der Waals surface area contributed by atoms with Crippen molar-refractivity contribution in [2.75, 3.05) is 19.0 Å². The van der Waals surface area contributed by atoms with Gasteiger partial charge in [0.05, 0.1) is 18.2 Å². The van der Waals surface area contributed by atoms with Gasteiger partial charge in [-0.15, -0.1) is 11.3 Å². The van der Waals surface area contributed by atoms with Crippen LogP contribution >= 0.6 is 11.3 Å². The molecule has 1 N–H and O–H groups in total. The molecule has 1 aliphatic rings. The first-order valence-corrected chi connectivity index (χ1v) is 11.0. The highest BCUT2D eigenvalue weighted by Gasteiger charge is 2.34. The maximum atomic E-state index is 13.3. The van der Waals surface area contributed by atoms with Gasteiger partial charge < -0.3 is 10.1 Å². The second-order valence-electron chi connectivity index (χ2n) is 7.31. The third-order valence-electron chi connectivity index (χ3n) is 5.25. The van der Waals surface area contributed by atoms with Crippen molar-refractivity contribution in [2.45, 2.75) is 12.8 Å². The van der Waals surface area contributed by atoms with E-state index in [1.165, 1.54) is 31.4 Å². The van der Waals surface area contributed by atoms with Gasteiger partial charge in [-0.3, -0.25) is 19.3 Å². The summed E-state index contributed by atoms with van der Waals surface area (Å²) in [5.41, 5.74) is 2.04. The fourth-order valence-electron chi connectivity index (χ4n) is 3.63. The van der Waals surface area contributed by atoms with E-state index in [0.29, 0.717) is 27.3 Å². The molecule has 3 amide bonds. The van der Waals surface area contributed by atoms with Crippen LogP contribution in [0.3, 0.4) is 0 Å². The predicted octanol–water partition coefficient (Wildman–Crippen LogP) is 4.36. The van der Waals surface area contributed by atoms with E-state index >= 15 is 0 Å². The summed E-state index contributed by atoms with van der Waals surface area (Å²) < 4.78 is 18.1. The second-order valence-corrected chi connectivity index (χ2v) is 8.19. The van der Waals surface area contributed by atoms with Crippen molar-refractivity contribution < 1.29 is 28.3 Å². The van der Waals surface area contributed by atoms with E-state index in [1.807, 2.05) is 0 Å². The maximum absolute atomic E-state index is 13.3. The molecule has 2 aromatic carbocycles. The molecule has 0 aliphatic carbocycles.